The van der Waals surface area contributed by atoms with Crippen molar-refractivity contribution in [2.45, 2.75) is 12.5 Å². The molecule has 2 rings (SSSR count). The third-order valence-electron chi connectivity index (χ3n) is 2.41. The van der Waals surface area contributed by atoms with Crippen LogP contribution in [0.5, 0.6) is 0 Å². The van der Waals surface area contributed by atoms with Gasteiger partial charge in [0.05, 0.1) is 0 Å². The minimum Gasteiger partial charge on any atom is -0.348 e. The topological polar surface area (TPSA) is 48.1 Å². The first-order valence-corrected chi connectivity index (χ1v) is 4.42. The lowest BCUT2D eigenvalue weighted by molar-refractivity contribution is -0.117. The van der Waals surface area contributed by atoms with Crippen molar-refractivity contribution in [3.63, 3.8) is 0 Å². The molecule has 2 heterocycles. The van der Waals surface area contributed by atoms with Gasteiger partial charge in [-0.3, -0.25) is 9.69 Å². The number of H-pyrrole nitrogens is 1. The van der Waals surface area contributed by atoms with Crippen molar-refractivity contribution >= 4 is 11.7 Å². The second kappa shape index (κ2) is 3.22. The van der Waals surface area contributed by atoms with Crippen molar-refractivity contribution in [1.82, 2.24) is 10.3 Å². The van der Waals surface area contributed by atoms with Gasteiger partial charge in [-0.05, 0) is 19.2 Å². The van der Waals surface area contributed by atoms with E-state index < -0.39 is 0 Å². The van der Waals surface area contributed by atoms with Crippen molar-refractivity contribution in [3.05, 3.63) is 18.3 Å². The highest BCUT2D eigenvalue weighted by Gasteiger charge is 2.29. The minimum absolute atomic E-state index is 0.182. The maximum atomic E-state index is 11.5. The molecular formula is C9H13N3O. The van der Waals surface area contributed by atoms with E-state index in [1.807, 2.05) is 25.4 Å². The normalized spacial score (nSPS) is 22.7. The summed E-state index contributed by atoms with van der Waals surface area (Å²) >= 11 is 0. The second-order valence-electron chi connectivity index (χ2n) is 3.25. The number of hydrogen-bond donors (Lipinski definition) is 2. The van der Waals surface area contributed by atoms with Gasteiger partial charge in [-0.2, -0.15) is 0 Å². The third-order valence-corrected chi connectivity index (χ3v) is 2.41. The van der Waals surface area contributed by atoms with Gasteiger partial charge in [0.2, 0.25) is 5.91 Å². The number of nitrogens with one attached hydrogen (secondary N) is 2. The molecule has 1 amide bonds. The van der Waals surface area contributed by atoms with Crippen molar-refractivity contribution in [2.75, 3.05) is 18.5 Å². The Hall–Kier alpha value is -1.29. The quantitative estimate of drug-likeness (QED) is 0.687. The molecule has 1 aliphatic heterocycles. The van der Waals surface area contributed by atoms with Crippen LogP contribution in [0.1, 0.15) is 6.42 Å². The lowest BCUT2D eigenvalue weighted by atomic mass is 10.3. The molecule has 4 heteroatoms. The summed E-state index contributed by atoms with van der Waals surface area (Å²) in [6.45, 7) is 0.760. The van der Waals surface area contributed by atoms with Crippen LogP contribution in [0.3, 0.4) is 0 Å². The predicted molar refractivity (Wildman–Crippen MR) is 50.6 cm³/mol. The van der Waals surface area contributed by atoms with E-state index in [4.69, 9.17) is 0 Å². The van der Waals surface area contributed by atoms with Gasteiger partial charge in [-0.25, -0.2) is 0 Å². The van der Waals surface area contributed by atoms with Crippen LogP contribution < -0.4 is 10.2 Å². The maximum absolute atomic E-state index is 11.5. The SMILES string of the molecule is CNC1CC(=O)N(c2ccc[nH]2)C1. The molecule has 0 aliphatic carbocycles. The molecule has 1 unspecified atom stereocenters. The second-order valence-corrected chi connectivity index (χ2v) is 3.25. The summed E-state index contributed by atoms with van der Waals surface area (Å²) in [5.74, 6) is 1.07. The van der Waals surface area contributed by atoms with Gasteiger partial charge in [0, 0.05) is 25.2 Å². The summed E-state index contributed by atoms with van der Waals surface area (Å²) in [6, 6.07) is 4.10. The molecule has 2 N–H and O–H groups in total. The summed E-state index contributed by atoms with van der Waals surface area (Å²) in [5.41, 5.74) is 0. The lowest BCUT2D eigenvalue weighted by Gasteiger charge is -2.13. The first-order valence-electron chi connectivity index (χ1n) is 4.42. The molecule has 1 aliphatic rings. The Morgan fingerprint density at radius 1 is 1.69 bits per heavy atom. The summed E-state index contributed by atoms with van der Waals surface area (Å²) < 4.78 is 0. The Bertz CT molecular complexity index is 294. The van der Waals surface area contributed by atoms with Crippen molar-refractivity contribution in [2.24, 2.45) is 0 Å². The van der Waals surface area contributed by atoms with E-state index in [2.05, 4.69) is 10.3 Å². The van der Waals surface area contributed by atoms with Crippen LogP contribution in [0.4, 0.5) is 5.82 Å². The molecule has 1 atom stereocenters. The monoisotopic (exact) mass is 179 g/mol. The highest BCUT2D eigenvalue weighted by atomic mass is 16.2. The molecule has 4 nitrogen and oxygen atoms in total. The first-order chi connectivity index (χ1) is 6.31. The molecule has 0 aromatic carbocycles. The summed E-state index contributed by atoms with van der Waals surface area (Å²) in [5, 5.41) is 3.11. The summed E-state index contributed by atoms with van der Waals surface area (Å²) in [7, 11) is 1.89. The fourth-order valence-corrected chi connectivity index (χ4v) is 1.62. The van der Waals surface area contributed by atoms with Gasteiger partial charge in [-0.1, -0.05) is 0 Å². The largest absolute Gasteiger partial charge is 0.348 e. The fraction of sp³-hybridized carbons (Fsp3) is 0.444. The zero-order valence-corrected chi connectivity index (χ0v) is 7.58. The van der Waals surface area contributed by atoms with Gasteiger partial charge in [0.25, 0.3) is 0 Å². The van der Waals surface area contributed by atoms with Crippen molar-refractivity contribution in [1.29, 1.82) is 0 Å². The Morgan fingerprint density at radius 3 is 3.08 bits per heavy atom. The molecule has 13 heavy (non-hydrogen) atoms. The van der Waals surface area contributed by atoms with Crippen LogP contribution in [-0.2, 0) is 4.79 Å². The third kappa shape index (κ3) is 1.45. The molecule has 1 saturated heterocycles. The van der Waals surface area contributed by atoms with E-state index in [9.17, 15) is 4.79 Å². The molecular weight excluding hydrogens is 166 g/mol. The van der Waals surface area contributed by atoms with Crippen LogP contribution in [0, 0.1) is 0 Å². The highest BCUT2D eigenvalue weighted by Crippen LogP contribution is 2.18. The Balaban J connectivity index is 2.14. The average molecular weight is 179 g/mol. The van der Waals surface area contributed by atoms with Gasteiger partial charge in [-0.15, -0.1) is 0 Å². The zero-order valence-electron chi connectivity index (χ0n) is 7.58. The van der Waals surface area contributed by atoms with Crippen molar-refractivity contribution in [3.8, 4) is 0 Å². The van der Waals surface area contributed by atoms with Gasteiger partial charge in [0.1, 0.15) is 5.82 Å². The van der Waals surface area contributed by atoms with E-state index in [0.717, 1.165) is 12.4 Å². The Kier molecular flexibility index (Phi) is 2.06. The Morgan fingerprint density at radius 2 is 2.54 bits per heavy atom. The number of nitrogens with zero attached hydrogens (tertiary/aromatic N) is 1. The maximum Gasteiger partial charge on any atom is 0.229 e. The molecule has 1 aromatic rings. The number of hydrogen-bond acceptors (Lipinski definition) is 2. The van der Waals surface area contributed by atoms with Crippen LogP contribution in [0.15, 0.2) is 18.3 Å². The van der Waals surface area contributed by atoms with Crippen LogP contribution in [-0.4, -0.2) is 30.5 Å². The molecule has 70 valence electrons. The van der Waals surface area contributed by atoms with Crippen molar-refractivity contribution < 1.29 is 4.79 Å². The highest BCUT2D eigenvalue weighted by molar-refractivity contribution is 5.95. The number of carbonyl (C=O) groups is 1. The number of likely N-dealkylation sites (N-methyl/N-ethyl adjacent to an activating group) is 1. The van der Waals surface area contributed by atoms with Gasteiger partial charge in [0.15, 0.2) is 0 Å². The average Bonchev–Trinajstić information content (AvgIpc) is 2.72. The number of amides is 1. The van der Waals surface area contributed by atoms with Gasteiger partial charge >= 0.3 is 0 Å². The number of carbonyl (C=O) groups excluding carboxylic acids is 1. The smallest absolute Gasteiger partial charge is 0.229 e. The molecule has 1 fully saturated rings. The van der Waals surface area contributed by atoms with E-state index in [1.54, 1.807) is 4.90 Å². The number of aromatic amines is 1. The molecule has 0 radical (unpaired) electrons. The van der Waals surface area contributed by atoms with Crippen LogP contribution in [0.2, 0.25) is 0 Å². The number of anilines is 1. The molecule has 0 saturated carbocycles. The van der Waals surface area contributed by atoms with E-state index in [-0.39, 0.29) is 11.9 Å². The van der Waals surface area contributed by atoms with E-state index in [0.29, 0.717) is 6.42 Å². The molecule has 0 spiro atoms. The van der Waals surface area contributed by atoms with E-state index >= 15 is 0 Å². The Labute approximate surface area is 76.9 Å². The fourth-order valence-electron chi connectivity index (χ4n) is 1.62. The van der Waals surface area contributed by atoms with Gasteiger partial charge < -0.3 is 10.3 Å². The molecule has 1 aromatic heterocycles. The number of aromatic nitrogens is 1. The van der Waals surface area contributed by atoms with Crippen LogP contribution >= 0.6 is 0 Å². The zero-order chi connectivity index (χ0) is 9.26. The summed E-state index contributed by atoms with van der Waals surface area (Å²) in [6.07, 6.45) is 2.42. The van der Waals surface area contributed by atoms with Crippen LogP contribution in [0.25, 0.3) is 0 Å². The number of rotatable bonds is 2. The summed E-state index contributed by atoms with van der Waals surface area (Å²) in [4.78, 5) is 16.3. The first kappa shape index (κ1) is 8.31. The lowest BCUT2D eigenvalue weighted by Crippen LogP contribution is -2.30. The minimum atomic E-state index is 0.182. The standard InChI is InChI=1S/C9H13N3O/c1-10-7-5-9(13)12(6-7)8-3-2-4-11-8/h2-4,7,10-11H,5-6H2,1H3. The molecule has 0 bridgehead atoms. The van der Waals surface area contributed by atoms with E-state index in [1.165, 1.54) is 0 Å². The predicted octanol–water partition coefficient (Wildman–Crippen LogP) is 0.339.